The molecule has 32 heavy (non-hydrogen) atoms. The van der Waals surface area contributed by atoms with Crippen molar-refractivity contribution < 1.29 is 14.2 Å². The van der Waals surface area contributed by atoms with Gasteiger partial charge in [0.2, 0.25) is 6.20 Å². The first-order valence-corrected chi connectivity index (χ1v) is 11.8. The highest BCUT2D eigenvalue weighted by molar-refractivity contribution is 7.18. The monoisotopic (exact) mass is 454 g/mol. The number of carbonyl (C=O) groups excluding carboxylic acids is 1. The van der Waals surface area contributed by atoms with Crippen LogP contribution in [0.15, 0.2) is 39.3 Å². The van der Waals surface area contributed by atoms with Gasteiger partial charge in [0.15, 0.2) is 0 Å². The van der Waals surface area contributed by atoms with Crippen molar-refractivity contribution in [3.63, 3.8) is 0 Å². The van der Waals surface area contributed by atoms with Crippen LogP contribution in [0.1, 0.15) is 58.3 Å². The zero-order chi connectivity index (χ0) is 22.6. The lowest BCUT2D eigenvalue weighted by Gasteiger charge is -2.33. The van der Waals surface area contributed by atoms with E-state index in [2.05, 4.69) is 21.2 Å². The second kappa shape index (κ2) is 7.61. The molecule has 3 aliphatic rings. The predicted molar refractivity (Wildman–Crippen MR) is 124 cm³/mol. The maximum Gasteiger partial charge on any atom is 0.410 e. The average molecular weight is 455 g/mol. The molecule has 10 heteroatoms. The Kier molecular flexibility index (Phi) is 4.99. The number of likely N-dealkylation sites (tertiary alicyclic amines) is 1. The Morgan fingerprint density at radius 3 is 2.69 bits per heavy atom. The Balaban J connectivity index is 1.27. The third-order valence-corrected chi connectivity index (χ3v) is 6.91. The fourth-order valence-electron chi connectivity index (χ4n) is 4.22. The van der Waals surface area contributed by atoms with Crippen LogP contribution >= 0.6 is 11.3 Å². The van der Waals surface area contributed by atoms with E-state index in [1.807, 2.05) is 56.6 Å². The number of allylic oxidation sites excluding steroid dienone is 1. The van der Waals surface area contributed by atoms with Crippen molar-refractivity contribution in [1.29, 1.82) is 0 Å². The number of hydrogen-bond acceptors (Lipinski definition) is 7. The quantitative estimate of drug-likeness (QED) is 0.592. The summed E-state index contributed by atoms with van der Waals surface area (Å²) in [4.78, 5) is 25.6. The molecule has 3 aliphatic heterocycles. The van der Waals surface area contributed by atoms with Crippen LogP contribution in [-0.2, 0) is 4.74 Å². The molecule has 5 rings (SSSR count). The van der Waals surface area contributed by atoms with Crippen LogP contribution in [0.25, 0.3) is 10.2 Å². The van der Waals surface area contributed by atoms with Gasteiger partial charge < -0.3 is 9.64 Å². The van der Waals surface area contributed by atoms with Gasteiger partial charge in [0.25, 0.3) is 0 Å². The first kappa shape index (κ1) is 21.0. The van der Waals surface area contributed by atoms with E-state index in [0.29, 0.717) is 11.9 Å². The number of hydrogen-bond donors (Lipinski definition) is 0. The molecule has 0 radical (unpaired) electrons. The van der Waals surface area contributed by atoms with Crippen LogP contribution in [0.3, 0.4) is 0 Å². The topological polar surface area (TPSA) is 87.5 Å². The van der Waals surface area contributed by atoms with E-state index in [4.69, 9.17) is 9.84 Å². The Morgan fingerprint density at radius 2 is 2.00 bits per heavy atom. The molecule has 2 aromatic rings. The van der Waals surface area contributed by atoms with Crippen molar-refractivity contribution in [1.82, 2.24) is 14.7 Å². The van der Waals surface area contributed by atoms with Gasteiger partial charge in [-0.3, -0.25) is 0 Å². The predicted octanol–water partition coefficient (Wildman–Crippen LogP) is 4.56. The Hall–Kier alpha value is -2.88. The molecule has 9 nitrogen and oxygen atoms in total. The van der Waals surface area contributed by atoms with E-state index in [1.165, 1.54) is 4.88 Å². The molecule has 0 saturated carbocycles. The van der Waals surface area contributed by atoms with Gasteiger partial charge in [0, 0.05) is 34.7 Å². The van der Waals surface area contributed by atoms with Crippen molar-refractivity contribution in [3.05, 3.63) is 29.0 Å². The minimum atomic E-state index is -0.461. The van der Waals surface area contributed by atoms with Gasteiger partial charge >= 0.3 is 18.2 Å². The summed E-state index contributed by atoms with van der Waals surface area (Å²) in [5, 5.41) is 10.4. The van der Waals surface area contributed by atoms with Crippen LogP contribution in [0.5, 0.6) is 0 Å². The Labute approximate surface area is 190 Å². The second-order valence-corrected chi connectivity index (χ2v) is 10.6. The van der Waals surface area contributed by atoms with Crippen LogP contribution in [0.2, 0.25) is 0 Å². The molecule has 2 aromatic heterocycles. The molecule has 1 unspecified atom stereocenters. The molecule has 0 aromatic carbocycles. The number of amides is 1. The van der Waals surface area contributed by atoms with Crippen molar-refractivity contribution in [2.24, 2.45) is 15.1 Å². The smallest absolute Gasteiger partial charge is 0.410 e. The number of aromatic nitrogens is 2. The Bertz CT molecular complexity index is 1170. The van der Waals surface area contributed by atoms with Gasteiger partial charge in [-0.2, -0.15) is 14.8 Å². The molecule has 0 N–H and O–H groups in total. The van der Waals surface area contributed by atoms with E-state index in [0.717, 1.165) is 47.6 Å². The molecular formula is C22H28N7O2S+. The average Bonchev–Trinajstić information content (AvgIpc) is 3.39. The summed E-state index contributed by atoms with van der Waals surface area (Å²) < 4.78 is 9.10. The third kappa shape index (κ3) is 3.99. The minimum absolute atomic E-state index is 0.179. The number of azo groups is 2. The number of ether oxygens (including phenoxy) is 1. The SMILES string of the molecule is CC1=C[N+]2=NC(n3cc4cc(C5CCN(C(=O)OC(C)(C)C)CC5)sc4n3)=NC2C(C)=N1. The number of rotatable bonds is 1. The second-order valence-electron chi connectivity index (χ2n) is 9.53. The summed E-state index contributed by atoms with van der Waals surface area (Å²) >= 11 is 1.72. The van der Waals surface area contributed by atoms with E-state index in [-0.39, 0.29) is 12.3 Å². The van der Waals surface area contributed by atoms with Crippen LogP contribution in [0, 0.1) is 0 Å². The van der Waals surface area contributed by atoms with Crippen molar-refractivity contribution >= 4 is 39.3 Å². The molecule has 1 saturated heterocycles. The highest BCUT2D eigenvalue weighted by Gasteiger charge is 2.36. The number of piperidine rings is 1. The van der Waals surface area contributed by atoms with Gasteiger partial charge in [0.05, 0.1) is 0 Å². The van der Waals surface area contributed by atoms with Gasteiger partial charge in [-0.05, 0) is 59.4 Å². The number of nitrogens with zero attached hydrogens (tertiary/aromatic N) is 7. The summed E-state index contributed by atoms with van der Waals surface area (Å²) in [6, 6.07) is 2.22. The van der Waals surface area contributed by atoms with Crippen LogP contribution in [-0.4, -0.2) is 62.0 Å². The van der Waals surface area contributed by atoms with Gasteiger partial charge in [-0.25, -0.2) is 9.79 Å². The van der Waals surface area contributed by atoms with Crippen molar-refractivity contribution in [2.75, 3.05) is 13.1 Å². The third-order valence-electron chi connectivity index (χ3n) is 5.71. The molecule has 0 spiro atoms. The minimum Gasteiger partial charge on any atom is -0.444 e. The largest absolute Gasteiger partial charge is 0.444 e. The van der Waals surface area contributed by atoms with E-state index in [9.17, 15) is 4.79 Å². The van der Waals surface area contributed by atoms with Crippen molar-refractivity contribution in [3.8, 4) is 0 Å². The zero-order valence-corrected chi connectivity index (χ0v) is 19.9. The number of fused-ring (bicyclic) bond motifs is 2. The standard InChI is InChI=1S/C22H28N7O2S/c1-13-11-28-18(14(2)23-13)24-20(26-28)29-12-16-10-17(32-19(16)25-29)15-6-8-27(9-7-15)21(30)31-22(3,4)5/h10-12,15,18H,6-9H2,1-5H3/q+1. The molecule has 1 atom stereocenters. The molecule has 0 bridgehead atoms. The first-order chi connectivity index (χ1) is 15.2. The van der Waals surface area contributed by atoms with Crippen LogP contribution < -0.4 is 0 Å². The number of carbonyl (C=O) groups is 1. The molecule has 1 fully saturated rings. The lowest BCUT2D eigenvalue weighted by Crippen LogP contribution is -2.41. The fourth-order valence-corrected chi connectivity index (χ4v) is 5.39. The summed E-state index contributed by atoms with van der Waals surface area (Å²) in [6.45, 7) is 11.1. The first-order valence-electron chi connectivity index (χ1n) is 10.9. The summed E-state index contributed by atoms with van der Waals surface area (Å²) in [7, 11) is 0. The van der Waals surface area contributed by atoms with E-state index in [1.54, 1.807) is 16.0 Å². The zero-order valence-electron chi connectivity index (χ0n) is 19.1. The van der Waals surface area contributed by atoms with Crippen LogP contribution in [0.4, 0.5) is 4.79 Å². The lowest BCUT2D eigenvalue weighted by molar-refractivity contribution is -0.537. The maximum absolute atomic E-state index is 12.3. The fraction of sp³-hybridized carbons (Fsp3) is 0.545. The van der Waals surface area contributed by atoms with Gasteiger partial charge in [-0.15, -0.1) is 11.3 Å². The summed E-state index contributed by atoms with van der Waals surface area (Å²) in [5.74, 6) is 1.02. The normalized spacial score (nSPS) is 21.8. The van der Waals surface area contributed by atoms with E-state index >= 15 is 0 Å². The lowest BCUT2D eigenvalue weighted by atomic mass is 9.95. The molecule has 5 heterocycles. The van der Waals surface area contributed by atoms with Gasteiger partial charge in [0.1, 0.15) is 21.8 Å². The van der Waals surface area contributed by atoms with Crippen molar-refractivity contribution in [2.45, 2.75) is 65.1 Å². The Morgan fingerprint density at radius 1 is 1.25 bits per heavy atom. The number of thiophene rings is 1. The summed E-state index contributed by atoms with van der Waals surface area (Å²) in [6.07, 6.45) is 5.38. The molecular weight excluding hydrogens is 426 g/mol. The highest BCUT2D eigenvalue weighted by atomic mass is 32.1. The molecule has 168 valence electrons. The van der Waals surface area contributed by atoms with Gasteiger partial charge in [-0.1, -0.05) is 4.70 Å². The highest BCUT2D eigenvalue weighted by Crippen LogP contribution is 2.36. The summed E-state index contributed by atoms with van der Waals surface area (Å²) in [5.41, 5.74) is 1.39. The number of aliphatic imine (C=N–C) groups is 2. The van der Waals surface area contributed by atoms with E-state index < -0.39 is 5.60 Å². The maximum atomic E-state index is 12.3. The molecule has 1 amide bonds. The molecule has 0 aliphatic carbocycles.